The molecule has 0 atom stereocenters. The maximum absolute atomic E-state index is 12.8. The molecule has 4 N–H and O–H groups in total. The molecule has 0 radical (unpaired) electrons. The van der Waals surface area contributed by atoms with E-state index in [1.54, 1.807) is 48.5 Å². The van der Waals surface area contributed by atoms with Crippen LogP contribution in [0.3, 0.4) is 0 Å². The normalized spacial score (nSPS) is 16.2. The fourth-order valence-corrected chi connectivity index (χ4v) is 5.44. The maximum atomic E-state index is 12.8. The Kier molecular flexibility index (Phi) is 10.5. The van der Waals surface area contributed by atoms with E-state index in [9.17, 15) is 19.2 Å². The SMILES string of the molecule is O=C(CCCC(=O)Nc1ccccc1C(=O)NC1CCCCC1)Nc1ccccc1C(=O)NC1CCCCC1. The van der Waals surface area contributed by atoms with Gasteiger partial charge in [-0.25, -0.2) is 0 Å². The van der Waals surface area contributed by atoms with Crippen LogP contribution in [0.2, 0.25) is 0 Å². The lowest BCUT2D eigenvalue weighted by molar-refractivity contribution is -0.117. The lowest BCUT2D eigenvalue weighted by Crippen LogP contribution is -2.36. The molecule has 8 heteroatoms. The van der Waals surface area contributed by atoms with Crippen molar-refractivity contribution < 1.29 is 19.2 Å². The molecule has 0 heterocycles. The minimum Gasteiger partial charge on any atom is -0.349 e. The zero-order chi connectivity index (χ0) is 27.5. The topological polar surface area (TPSA) is 116 Å². The van der Waals surface area contributed by atoms with Gasteiger partial charge >= 0.3 is 0 Å². The molecule has 0 bridgehead atoms. The average Bonchev–Trinajstić information content (AvgIpc) is 2.94. The van der Waals surface area contributed by atoms with Crippen LogP contribution in [0.1, 0.15) is 104 Å². The van der Waals surface area contributed by atoms with Gasteiger partial charge in [-0.3, -0.25) is 19.2 Å². The molecule has 4 amide bonds. The first-order chi connectivity index (χ1) is 19.0. The first-order valence-electron chi connectivity index (χ1n) is 14.4. The third-order valence-corrected chi connectivity index (χ3v) is 7.58. The summed E-state index contributed by atoms with van der Waals surface area (Å²) in [6, 6.07) is 14.3. The van der Waals surface area contributed by atoms with Crippen LogP contribution in [0.25, 0.3) is 0 Å². The molecule has 2 aliphatic rings. The van der Waals surface area contributed by atoms with Gasteiger partial charge in [0.1, 0.15) is 0 Å². The van der Waals surface area contributed by atoms with Crippen molar-refractivity contribution in [1.29, 1.82) is 0 Å². The Morgan fingerprint density at radius 3 is 1.36 bits per heavy atom. The van der Waals surface area contributed by atoms with E-state index in [2.05, 4.69) is 21.3 Å². The van der Waals surface area contributed by atoms with E-state index in [0.717, 1.165) is 51.4 Å². The van der Waals surface area contributed by atoms with Crippen molar-refractivity contribution in [2.45, 2.75) is 95.6 Å². The van der Waals surface area contributed by atoms with Crippen LogP contribution in [0.15, 0.2) is 48.5 Å². The smallest absolute Gasteiger partial charge is 0.253 e. The number of anilines is 2. The first kappa shape index (κ1) is 28.3. The Labute approximate surface area is 230 Å². The van der Waals surface area contributed by atoms with Gasteiger partial charge in [0.25, 0.3) is 11.8 Å². The number of nitrogens with one attached hydrogen (secondary N) is 4. The minimum absolute atomic E-state index is 0.135. The maximum Gasteiger partial charge on any atom is 0.253 e. The number of carbonyl (C=O) groups is 4. The molecule has 2 fully saturated rings. The minimum atomic E-state index is -0.257. The molecule has 8 nitrogen and oxygen atoms in total. The van der Waals surface area contributed by atoms with Gasteiger partial charge in [-0.05, 0) is 56.4 Å². The highest BCUT2D eigenvalue weighted by atomic mass is 16.2. The number of para-hydroxylation sites is 2. The largest absolute Gasteiger partial charge is 0.349 e. The van der Waals surface area contributed by atoms with Crippen LogP contribution in [0.4, 0.5) is 11.4 Å². The Morgan fingerprint density at radius 2 is 0.949 bits per heavy atom. The first-order valence-corrected chi connectivity index (χ1v) is 14.4. The Morgan fingerprint density at radius 1 is 0.564 bits per heavy atom. The number of hydrogen-bond acceptors (Lipinski definition) is 4. The van der Waals surface area contributed by atoms with E-state index in [0.29, 0.717) is 28.9 Å². The summed E-state index contributed by atoms with van der Waals surface area (Å²) in [5, 5.41) is 11.8. The third kappa shape index (κ3) is 8.67. The lowest BCUT2D eigenvalue weighted by atomic mass is 9.95. The van der Waals surface area contributed by atoms with Gasteiger partial charge in [-0.2, -0.15) is 0 Å². The van der Waals surface area contributed by atoms with Gasteiger partial charge in [0.15, 0.2) is 0 Å². The molecule has 39 heavy (non-hydrogen) atoms. The van der Waals surface area contributed by atoms with Crippen molar-refractivity contribution in [3.63, 3.8) is 0 Å². The Balaban J connectivity index is 1.24. The van der Waals surface area contributed by atoms with Crippen molar-refractivity contribution in [1.82, 2.24) is 10.6 Å². The highest BCUT2D eigenvalue weighted by molar-refractivity contribution is 6.05. The summed E-state index contributed by atoms with van der Waals surface area (Å²) in [7, 11) is 0. The second kappa shape index (κ2) is 14.5. The average molecular weight is 533 g/mol. The Hall–Kier alpha value is -3.68. The van der Waals surface area contributed by atoms with E-state index in [1.165, 1.54) is 12.8 Å². The van der Waals surface area contributed by atoms with E-state index in [-0.39, 0.29) is 48.6 Å². The number of rotatable bonds is 10. The number of carbonyl (C=O) groups excluding carboxylic acids is 4. The standard InChI is InChI=1S/C31H40N4O4/c36-28(34-26-18-9-7-16-24(26)30(38)32-22-12-3-1-4-13-22)20-11-21-29(37)35-27-19-10-8-17-25(27)31(39)33-23-14-5-2-6-15-23/h7-10,16-19,22-23H,1-6,11-15,20-21H2,(H,32,38)(H,33,39)(H,34,36)(H,35,37). The quantitative estimate of drug-likeness (QED) is 0.321. The van der Waals surface area contributed by atoms with Crippen molar-refractivity contribution in [3.05, 3.63) is 59.7 Å². The van der Waals surface area contributed by atoms with E-state index >= 15 is 0 Å². The van der Waals surface area contributed by atoms with Crippen LogP contribution >= 0.6 is 0 Å². The number of hydrogen-bond donors (Lipinski definition) is 4. The monoisotopic (exact) mass is 532 g/mol. The van der Waals surface area contributed by atoms with Gasteiger partial charge in [0, 0.05) is 24.9 Å². The second-order valence-corrected chi connectivity index (χ2v) is 10.7. The molecule has 0 aromatic heterocycles. The predicted octanol–water partition coefficient (Wildman–Crippen LogP) is 5.56. The van der Waals surface area contributed by atoms with Gasteiger partial charge in [-0.1, -0.05) is 62.8 Å². The van der Waals surface area contributed by atoms with Crippen LogP contribution < -0.4 is 21.3 Å². The van der Waals surface area contributed by atoms with Crippen LogP contribution in [-0.2, 0) is 9.59 Å². The lowest BCUT2D eigenvalue weighted by Gasteiger charge is -2.23. The van der Waals surface area contributed by atoms with E-state index in [4.69, 9.17) is 0 Å². The van der Waals surface area contributed by atoms with Gasteiger partial charge in [-0.15, -0.1) is 0 Å². The van der Waals surface area contributed by atoms with Gasteiger partial charge in [0.2, 0.25) is 11.8 Å². The highest BCUT2D eigenvalue weighted by Crippen LogP contribution is 2.22. The summed E-state index contributed by atoms with van der Waals surface area (Å²) >= 11 is 0. The zero-order valence-corrected chi connectivity index (χ0v) is 22.6. The summed E-state index contributed by atoms with van der Waals surface area (Å²) in [5.74, 6) is -0.868. The number of benzene rings is 2. The third-order valence-electron chi connectivity index (χ3n) is 7.58. The summed E-state index contributed by atoms with van der Waals surface area (Å²) in [6.07, 6.45) is 11.4. The van der Waals surface area contributed by atoms with Crippen molar-refractivity contribution in [3.8, 4) is 0 Å². The van der Waals surface area contributed by atoms with E-state index < -0.39 is 0 Å². The second-order valence-electron chi connectivity index (χ2n) is 10.7. The van der Waals surface area contributed by atoms with Gasteiger partial charge in [0.05, 0.1) is 22.5 Å². The predicted molar refractivity (Wildman–Crippen MR) is 153 cm³/mol. The number of amides is 4. The van der Waals surface area contributed by atoms with Crippen LogP contribution in [0.5, 0.6) is 0 Å². The van der Waals surface area contributed by atoms with Gasteiger partial charge < -0.3 is 21.3 Å². The summed E-state index contributed by atoms with van der Waals surface area (Å²) in [6.45, 7) is 0. The Bertz CT molecular complexity index is 1060. The molecule has 2 aliphatic carbocycles. The molecule has 2 aromatic carbocycles. The summed E-state index contributed by atoms with van der Waals surface area (Å²) < 4.78 is 0. The molecular formula is C31H40N4O4. The molecular weight excluding hydrogens is 492 g/mol. The summed E-state index contributed by atoms with van der Waals surface area (Å²) in [4.78, 5) is 50.9. The van der Waals surface area contributed by atoms with Crippen molar-refractivity contribution in [2.24, 2.45) is 0 Å². The summed E-state index contributed by atoms with van der Waals surface area (Å²) in [5.41, 5.74) is 1.82. The molecule has 4 rings (SSSR count). The van der Waals surface area contributed by atoms with E-state index in [1.807, 2.05) is 0 Å². The molecule has 0 unspecified atom stereocenters. The fourth-order valence-electron chi connectivity index (χ4n) is 5.44. The van der Waals surface area contributed by atoms with Crippen LogP contribution in [-0.4, -0.2) is 35.7 Å². The van der Waals surface area contributed by atoms with Crippen LogP contribution in [0, 0.1) is 0 Å². The molecule has 2 aromatic rings. The van der Waals surface area contributed by atoms with Crippen molar-refractivity contribution >= 4 is 35.0 Å². The van der Waals surface area contributed by atoms with Crippen molar-refractivity contribution in [2.75, 3.05) is 10.6 Å². The molecule has 0 saturated heterocycles. The fraction of sp³-hybridized carbons (Fsp3) is 0.484. The molecule has 0 spiro atoms. The highest BCUT2D eigenvalue weighted by Gasteiger charge is 2.21. The molecule has 0 aliphatic heterocycles. The molecule has 2 saturated carbocycles. The zero-order valence-electron chi connectivity index (χ0n) is 22.6. The molecule has 208 valence electrons.